The van der Waals surface area contributed by atoms with Gasteiger partial charge in [-0.3, -0.25) is 14.2 Å². The van der Waals surface area contributed by atoms with Crippen LogP contribution < -0.4 is 16.4 Å². The third kappa shape index (κ3) is 5.77. The Labute approximate surface area is 190 Å². The second-order valence-corrected chi connectivity index (χ2v) is 8.26. The number of nitrogens with zero attached hydrogens (tertiary/aromatic N) is 3. The molecule has 1 fully saturated rings. The minimum Gasteiger partial charge on any atom is -0.330 e. The highest BCUT2D eigenvalue weighted by Crippen LogP contribution is 2.22. The van der Waals surface area contributed by atoms with Gasteiger partial charge >= 0.3 is 5.69 Å². The number of piperidine rings is 1. The Bertz CT molecular complexity index is 934. The fraction of sp³-hybridized carbons (Fsp3) is 0.609. The van der Waals surface area contributed by atoms with Gasteiger partial charge in [-0.15, -0.1) is 12.4 Å². The van der Waals surface area contributed by atoms with Crippen LogP contribution in [0, 0.1) is 0 Å². The van der Waals surface area contributed by atoms with Crippen molar-refractivity contribution in [2.45, 2.75) is 77.0 Å². The van der Waals surface area contributed by atoms with Crippen molar-refractivity contribution in [2.75, 3.05) is 11.6 Å². The van der Waals surface area contributed by atoms with Gasteiger partial charge in [-0.1, -0.05) is 50.7 Å². The number of halogens is 1. The number of carbonyl (C=O) groups excluding carboxylic acids is 2. The van der Waals surface area contributed by atoms with Crippen LogP contribution in [-0.4, -0.2) is 27.6 Å². The molecule has 3 rings (SSSR count). The summed E-state index contributed by atoms with van der Waals surface area (Å²) in [6, 6.07) is 5.76. The van der Waals surface area contributed by atoms with E-state index in [2.05, 4.69) is 0 Å². The first-order chi connectivity index (χ1) is 14.6. The topological polar surface area (TPSA) is 90.3 Å². The summed E-state index contributed by atoms with van der Waals surface area (Å²) in [5.41, 5.74) is 7.71. The van der Waals surface area contributed by atoms with Gasteiger partial charge in [-0.05, 0) is 43.9 Å². The number of benzene rings is 1. The van der Waals surface area contributed by atoms with Crippen LogP contribution in [0.3, 0.4) is 0 Å². The van der Waals surface area contributed by atoms with E-state index in [0.717, 1.165) is 48.3 Å². The zero-order valence-corrected chi connectivity index (χ0v) is 19.3. The van der Waals surface area contributed by atoms with Crippen LogP contribution in [0.1, 0.15) is 76.2 Å². The number of rotatable bonds is 11. The average Bonchev–Trinajstić information content (AvgIpc) is 2.98. The Kier molecular flexibility index (Phi) is 9.78. The molecule has 0 spiro atoms. The van der Waals surface area contributed by atoms with Gasteiger partial charge in [0.05, 0.1) is 11.0 Å². The number of para-hydroxylation sites is 1. The van der Waals surface area contributed by atoms with Gasteiger partial charge in [0.25, 0.3) is 0 Å². The molecule has 2 heterocycles. The number of carbonyl (C=O) groups is 2. The second kappa shape index (κ2) is 12.1. The number of amides is 2. The zero-order valence-electron chi connectivity index (χ0n) is 18.5. The molecule has 2 aromatic rings. The summed E-state index contributed by atoms with van der Waals surface area (Å²) < 4.78 is 2.83. The third-order valence-corrected chi connectivity index (χ3v) is 5.98. The number of unbranched alkanes of at least 4 members (excludes halogenated alkanes) is 7. The van der Waals surface area contributed by atoms with Gasteiger partial charge in [-0.2, -0.15) is 9.69 Å². The van der Waals surface area contributed by atoms with Gasteiger partial charge in [0, 0.05) is 19.9 Å². The van der Waals surface area contributed by atoms with E-state index in [0.29, 0.717) is 24.8 Å². The zero-order chi connectivity index (χ0) is 21.5. The minimum atomic E-state index is -0.349. The monoisotopic (exact) mass is 450 g/mol. The highest BCUT2D eigenvalue weighted by molar-refractivity contribution is 6.11. The number of aryl methyl sites for hydroxylation is 2. The average molecular weight is 451 g/mol. The van der Waals surface area contributed by atoms with Gasteiger partial charge in [0.1, 0.15) is 0 Å². The summed E-state index contributed by atoms with van der Waals surface area (Å²) in [4.78, 5) is 37.7. The van der Waals surface area contributed by atoms with E-state index >= 15 is 0 Å². The lowest BCUT2D eigenvalue weighted by molar-refractivity contribution is -0.131. The van der Waals surface area contributed by atoms with Crippen molar-refractivity contribution in [3.05, 3.63) is 34.2 Å². The van der Waals surface area contributed by atoms with E-state index in [9.17, 15) is 14.4 Å². The Morgan fingerprint density at radius 1 is 0.871 bits per heavy atom. The highest BCUT2D eigenvalue weighted by Gasteiger charge is 2.31. The van der Waals surface area contributed by atoms with Gasteiger partial charge in [0.2, 0.25) is 11.8 Å². The molecule has 8 heteroatoms. The number of hydrogen-bond donors (Lipinski definition) is 1. The molecule has 1 aromatic heterocycles. The third-order valence-electron chi connectivity index (χ3n) is 5.98. The van der Waals surface area contributed by atoms with Crippen LogP contribution in [0.4, 0.5) is 0 Å². The summed E-state index contributed by atoms with van der Waals surface area (Å²) >= 11 is 0. The first-order valence-corrected chi connectivity index (χ1v) is 11.3. The van der Waals surface area contributed by atoms with Crippen LogP contribution in [0.2, 0.25) is 0 Å². The normalized spacial score (nSPS) is 14.3. The van der Waals surface area contributed by atoms with E-state index < -0.39 is 0 Å². The molecule has 31 heavy (non-hydrogen) atoms. The van der Waals surface area contributed by atoms with E-state index in [4.69, 9.17) is 5.73 Å². The smallest absolute Gasteiger partial charge is 0.330 e. The Balaban J connectivity index is 0.00000341. The van der Waals surface area contributed by atoms with Crippen LogP contribution in [0.5, 0.6) is 0 Å². The maximum atomic E-state index is 12.9. The molecular formula is C23H35ClN4O3. The second-order valence-electron chi connectivity index (χ2n) is 8.26. The first-order valence-electron chi connectivity index (χ1n) is 11.3. The van der Waals surface area contributed by atoms with E-state index in [1.807, 2.05) is 18.2 Å². The van der Waals surface area contributed by atoms with Gasteiger partial charge < -0.3 is 5.73 Å². The lowest BCUT2D eigenvalue weighted by Crippen LogP contribution is -2.52. The van der Waals surface area contributed by atoms with Crippen molar-refractivity contribution >= 4 is 35.3 Å². The summed E-state index contributed by atoms with van der Waals surface area (Å²) in [6.45, 7) is 0.788. The van der Waals surface area contributed by atoms with E-state index in [1.165, 1.54) is 36.8 Å². The van der Waals surface area contributed by atoms with Crippen LogP contribution >= 0.6 is 12.4 Å². The lowest BCUT2D eigenvalue weighted by Gasteiger charge is -2.25. The molecule has 0 atom stereocenters. The standard InChI is InChI=1S/C23H34N4O3.ClH/c1-25-22-18(12-8-6-4-2-3-5-7-9-17-24)13-10-14-19(22)26(23(25)30)27-20(28)15-11-16-21(27)29;/h10,13-14H,2-9,11-12,15-17,24H2,1H3;1H. The molecule has 0 saturated carbocycles. The summed E-state index contributed by atoms with van der Waals surface area (Å²) in [5, 5.41) is 1.04. The molecule has 1 saturated heterocycles. The molecule has 2 amide bonds. The lowest BCUT2D eigenvalue weighted by atomic mass is 10.0. The maximum absolute atomic E-state index is 12.9. The predicted octanol–water partition coefficient (Wildman–Crippen LogP) is 3.56. The largest absolute Gasteiger partial charge is 0.348 e. The minimum absolute atomic E-state index is 0. The Morgan fingerprint density at radius 2 is 1.45 bits per heavy atom. The first kappa shape index (κ1) is 25.1. The molecule has 0 unspecified atom stereocenters. The summed E-state index contributed by atoms with van der Waals surface area (Å²) in [5.74, 6) is -0.615. The number of hydrogen-bond acceptors (Lipinski definition) is 4. The maximum Gasteiger partial charge on any atom is 0.348 e. The molecule has 7 nitrogen and oxygen atoms in total. The number of imide groups is 1. The van der Waals surface area contributed by atoms with Crippen molar-refractivity contribution in [3.8, 4) is 0 Å². The number of aromatic nitrogens is 2. The van der Waals surface area contributed by atoms with Crippen molar-refractivity contribution < 1.29 is 9.59 Å². The summed E-state index contributed by atoms with van der Waals surface area (Å²) in [7, 11) is 1.71. The van der Waals surface area contributed by atoms with Crippen LogP contribution in [0.25, 0.3) is 11.0 Å². The number of imidazole rings is 1. The van der Waals surface area contributed by atoms with Crippen molar-refractivity contribution in [1.82, 2.24) is 9.24 Å². The van der Waals surface area contributed by atoms with Crippen molar-refractivity contribution in [3.63, 3.8) is 0 Å². The van der Waals surface area contributed by atoms with Crippen molar-refractivity contribution in [1.29, 1.82) is 0 Å². The molecule has 172 valence electrons. The SMILES string of the molecule is Cl.Cn1c(=O)n(N2C(=O)CCCC2=O)c2cccc(CCCCCCCCCCN)c21. The molecule has 1 aliphatic rings. The van der Waals surface area contributed by atoms with E-state index in [1.54, 1.807) is 11.6 Å². The fourth-order valence-corrected chi connectivity index (χ4v) is 4.36. The van der Waals surface area contributed by atoms with Crippen molar-refractivity contribution in [2.24, 2.45) is 12.8 Å². The van der Waals surface area contributed by atoms with Crippen LogP contribution in [-0.2, 0) is 23.1 Å². The molecule has 0 radical (unpaired) electrons. The molecular weight excluding hydrogens is 416 g/mol. The fourth-order valence-electron chi connectivity index (χ4n) is 4.36. The van der Waals surface area contributed by atoms with Gasteiger partial charge in [-0.25, -0.2) is 4.79 Å². The van der Waals surface area contributed by atoms with Crippen LogP contribution in [0.15, 0.2) is 23.0 Å². The molecule has 0 bridgehead atoms. The molecule has 1 aliphatic heterocycles. The molecule has 2 N–H and O–H groups in total. The molecule has 0 aliphatic carbocycles. The quantitative estimate of drug-likeness (QED) is 0.418. The van der Waals surface area contributed by atoms with Gasteiger partial charge in [0.15, 0.2) is 0 Å². The number of nitrogens with two attached hydrogens (primary N) is 1. The Morgan fingerprint density at radius 3 is 2.06 bits per heavy atom. The molecule has 1 aromatic carbocycles. The number of fused-ring (bicyclic) bond motifs is 1. The summed E-state index contributed by atoms with van der Waals surface area (Å²) in [6.07, 6.45) is 11.6. The Hall–Kier alpha value is -2.12. The van der Waals surface area contributed by atoms with E-state index in [-0.39, 0.29) is 29.9 Å². The predicted molar refractivity (Wildman–Crippen MR) is 126 cm³/mol. The highest BCUT2D eigenvalue weighted by atomic mass is 35.5.